The van der Waals surface area contributed by atoms with Crippen LogP contribution < -0.4 is 15.0 Å². The summed E-state index contributed by atoms with van der Waals surface area (Å²) in [6.07, 6.45) is 5.89. The van der Waals surface area contributed by atoms with Crippen LogP contribution in [-0.4, -0.2) is 49.8 Å². The second kappa shape index (κ2) is 8.21. The summed E-state index contributed by atoms with van der Waals surface area (Å²) in [5.74, 6) is 1.09. The minimum Gasteiger partial charge on any atom is -0.496 e. The van der Waals surface area contributed by atoms with Crippen LogP contribution in [0.15, 0.2) is 48.0 Å². The fraction of sp³-hybridized carbons (Fsp3) is 0.400. The van der Waals surface area contributed by atoms with Crippen molar-refractivity contribution in [2.75, 3.05) is 38.3 Å². The SMILES string of the molecule is COc1ccc(Cl)c2c1CCC(CN1CCC3(CC1)C(=O)NCN3c1ccccc1)=C2. The van der Waals surface area contributed by atoms with Crippen molar-refractivity contribution in [1.82, 2.24) is 10.2 Å². The molecule has 5 rings (SSSR count). The van der Waals surface area contributed by atoms with Gasteiger partial charge in [-0.3, -0.25) is 9.69 Å². The molecule has 0 radical (unpaired) electrons. The summed E-state index contributed by atoms with van der Waals surface area (Å²) in [5, 5.41) is 3.87. The van der Waals surface area contributed by atoms with Crippen molar-refractivity contribution < 1.29 is 9.53 Å². The van der Waals surface area contributed by atoms with Gasteiger partial charge < -0.3 is 15.0 Å². The predicted molar refractivity (Wildman–Crippen MR) is 125 cm³/mol. The molecule has 162 valence electrons. The number of hydrogen-bond acceptors (Lipinski definition) is 4. The van der Waals surface area contributed by atoms with Gasteiger partial charge >= 0.3 is 0 Å². The van der Waals surface area contributed by atoms with E-state index in [0.29, 0.717) is 6.67 Å². The number of nitrogens with zero attached hydrogens (tertiary/aromatic N) is 2. The van der Waals surface area contributed by atoms with Gasteiger partial charge in [-0.15, -0.1) is 0 Å². The zero-order chi connectivity index (χ0) is 21.4. The van der Waals surface area contributed by atoms with Crippen molar-refractivity contribution in [3.05, 3.63) is 64.2 Å². The number of amides is 1. The number of halogens is 1. The topological polar surface area (TPSA) is 44.8 Å². The zero-order valence-corrected chi connectivity index (χ0v) is 18.6. The molecule has 2 aromatic carbocycles. The molecular formula is C25H28ClN3O2. The van der Waals surface area contributed by atoms with Gasteiger partial charge in [0.2, 0.25) is 5.91 Å². The number of ether oxygens (including phenoxy) is 1. The van der Waals surface area contributed by atoms with Crippen LogP contribution in [0.2, 0.25) is 5.02 Å². The molecule has 1 N–H and O–H groups in total. The number of likely N-dealkylation sites (tertiary alicyclic amines) is 1. The molecule has 1 aliphatic carbocycles. The number of carbonyl (C=O) groups is 1. The van der Waals surface area contributed by atoms with Crippen molar-refractivity contribution in [2.45, 2.75) is 31.2 Å². The van der Waals surface area contributed by atoms with Crippen LogP contribution in [0.3, 0.4) is 0 Å². The van der Waals surface area contributed by atoms with Crippen LogP contribution in [-0.2, 0) is 11.2 Å². The van der Waals surface area contributed by atoms with Gasteiger partial charge in [-0.05, 0) is 55.5 Å². The molecule has 2 fully saturated rings. The predicted octanol–water partition coefficient (Wildman–Crippen LogP) is 4.11. The third-order valence-electron chi connectivity index (χ3n) is 7.04. The molecule has 2 heterocycles. The van der Waals surface area contributed by atoms with Gasteiger partial charge in [0.25, 0.3) is 0 Å². The highest BCUT2D eigenvalue weighted by Gasteiger charge is 2.50. The first kappa shape index (κ1) is 20.4. The second-order valence-electron chi connectivity index (χ2n) is 8.68. The Morgan fingerprint density at radius 1 is 1.10 bits per heavy atom. The maximum absolute atomic E-state index is 12.9. The number of anilines is 1. The quantitative estimate of drug-likeness (QED) is 0.781. The number of piperidine rings is 1. The van der Waals surface area contributed by atoms with Crippen molar-refractivity contribution in [1.29, 1.82) is 0 Å². The highest BCUT2D eigenvalue weighted by molar-refractivity contribution is 6.32. The van der Waals surface area contributed by atoms with Gasteiger partial charge in [-0.2, -0.15) is 0 Å². The van der Waals surface area contributed by atoms with Crippen LogP contribution in [0.1, 0.15) is 30.4 Å². The van der Waals surface area contributed by atoms with E-state index in [1.807, 2.05) is 30.3 Å². The molecule has 1 spiro atoms. The summed E-state index contributed by atoms with van der Waals surface area (Å²) < 4.78 is 5.52. The molecule has 31 heavy (non-hydrogen) atoms. The van der Waals surface area contributed by atoms with E-state index in [1.54, 1.807) is 7.11 Å². The molecule has 1 amide bonds. The van der Waals surface area contributed by atoms with Crippen molar-refractivity contribution in [2.24, 2.45) is 0 Å². The minimum absolute atomic E-state index is 0.167. The van der Waals surface area contributed by atoms with Crippen LogP contribution in [0.5, 0.6) is 5.75 Å². The first-order valence-electron chi connectivity index (χ1n) is 11.0. The van der Waals surface area contributed by atoms with Crippen molar-refractivity contribution in [3.63, 3.8) is 0 Å². The Labute approximate surface area is 188 Å². The largest absolute Gasteiger partial charge is 0.496 e. The van der Waals surface area contributed by atoms with Crippen molar-refractivity contribution >= 4 is 29.3 Å². The van der Waals surface area contributed by atoms with Crippen LogP contribution in [0, 0.1) is 0 Å². The normalized spacial score (nSPS) is 20.4. The van der Waals surface area contributed by atoms with Crippen LogP contribution in [0.25, 0.3) is 6.08 Å². The van der Waals surface area contributed by atoms with E-state index >= 15 is 0 Å². The van der Waals surface area contributed by atoms with Crippen molar-refractivity contribution in [3.8, 4) is 5.75 Å². The van der Waals surface area contributed by atoms with E-state index in [2.05, 4.69) is 33.3 Å². The minimum atomic E-state index is -0.428. The molecule has 5 nitrogen and oxygen atoms in total. The first-order chi connectivity index (χ1) is 15.1. The van der Waals surface area contributed by atoms with Gasteiger partial charge in [0.05, 0.1) is 13.8 Å². The third kappa shape index (κ3) is 3.60. The maximum atomic E-state index is 12.9. The Kier molecular flexibility index (Phi) is 5.40. The fourth-order valence-corrected chi connectivity index (χ4v) is 5.54. The molecule has 0 saturated carbocycles. The summed E-state index contributed by atoms with van der Waals surface area (Å²) in [7, 11) is 1.71. The Morgan fingerprint density at radius 2 is 1.87 bits per heavy atom. The smallest absolute Gasteiger partial charge is 0.247 e. The highest BCUT2D eigenvalue weighted by atomic mass is 35.5. The molecule has 2 aliphatic heterocycles. The third-order valence-corrected chi connectivity index (χ3v) is 7.37. The molecular weight excluding hydrogens is 410 g/mol. The maximum Gasteiger partial charge on any atom is 0.247 e. The molecule has 0 bridgehead atoms. The fourth-order valence-electron chi connectivity index (χ4n) is 5.31. The standard InChI is InChI=1S/C25H28ClN3O2/c1-31-23-10-9-22(26)21-15-18(7-8-20(21)23)16-28-13-11-25(12-14-28)24(30)27-17-29(25)19-5-3-2-4-6-19/h2-6,9-10,15H,7-8,11-14,16-17H2,1H3,(H,27,30). The number of hydrogen-bond donors (Lipinski definition) is 1. The molecule has 0 aromatic heterocycles. The first-order valence-corrected chi connectivity index (χ1v) is 11.4. The Bertz CT molecular complexity index is 1010. The average Bonchev–Trinajstić information content (AvgIpc) is 3.12. The Balaban J connectivity index is 1.30. The highest BCUT2D eigenvalue weighted by Crippen LogP contribution is 2.38. The molecule has 2 saturated heterocycles. The lowest BCUT2D eigenvalue weighted by atomic mass is 9.85. The van der Waals surface area contributed by atoms with Gasteiger partial charge in [-0.1, -0.05) is 41.4 Å². The summed E-state index contributed by atoms with van der Waals surface area (Å²) in [4.78, 5) is 17.6. The zero-order valence-electron chi connectivity index (χ0n) is 17.9. The average molecular weight is 438 g/mol. The molecule has 2 aromatic rings. The van der Waals surface area contributed by atoms with Gasteiger partial charge in [0.1, 0.15) is 11.3 Å². The van der Waals surface area contributed by atoms with E-state index in [9.17, 15) is 4.79 Å². The van der Waals surface area contributed by atoms with Gasteiger partial charge in [0.15, 0.2) is 0 Å². The van der Waals surface area contributed by atoms with Gasteiger partial charge in [0, 0.05) is 35.9 Å². The second-order valence-corrected chi connectivity index (χ2v) is 9.09. The summed E-state index contributed by atoms with van der Waals surface area (Å²) in [6.45, 7) is 3.33. The van der Waals surface area contributed by atoms with E-state index in [1.165, 1.54) is 11.1 Å². The lowest BCUT2D eigenvalue weighted by Crippen LogP contribution is -2.56. The van der Waals surface area contributed by atoms with Gasteiger partial charge in [-0.25, -0.2) is 0 Å². The lowest BCUT2D eigenvalue weighted by Gasteiger charge is -2.43. The van der Waals surface area contributed by atoms with E-state index in [0.717, 1.165) is 67.3 Å². The monoisotopic (exact) mass is 437 g/mol. The van der Waals surface area contributed by atoms with E-state index in [-0.39, 0.29) is 5.91 Å². The number of para-hydroxylation sites is 1. The number of methoxy groups -OCH3 is 1. The van der Waals surface area contributed by atoms with Crippen LogP contribution in [0.4, 0.5) is 5.69 Å². The Morgan fingerprint density at radius 3 is 2.61 bits per heavy atom. The van der Waals surface area contributed by atoms with Crippen LogP contribution >= 0.6 is 11.6 Å². The molecule has 6 heteroatoms. The lowest BCUT2D eigenvalue weighted by molar-refractivity contribution is -0.125. The molecule has 0 atom stereocenters. The van der Waals surface area contributed by atoms with E-state index in [4.69, 9.17) is 16.3 Å². The number of benzene rings is 2. The summed E-state index contributed by atoms with van der Waals surface area (Å²) in [5.41, 5.74) is 4.39. The number of nitrogens with one attached hydrogen (secondary N) is 1. The molecule has 0 unspecified atom stereocenters. The van der Waals surface area contributed by atoms with E-state index < -0.39 is 5.54 Å². The summed E-state index contributed by atoms with van der Waals surface area (Å²) in [6, 6.07) is 14.1. The number of carbonyl (C=O) groups excluding carboxylic acids is 1. The molecule has 3 aliphatic rings. The number of fused-ring (bicyclic) bond motifs is 1. The Hall–Kier alpha value is -2.50. The summed E-state index contributed by atoms with van der Waals surface area (Å²) >= 11 is 6.49. The number of rotatable bonds is 4.